The second-order valence-electron chi connectivity index (χ2n) is 3.80. The quantitative estimate of drug-likeness (QED) is 0.692. The van der Waals surface area contributed by atoms with Crippen molar-refractivity contribution in [3.63, 3.8) is 0 Å². The van der Waals surface area contributed by atoms with Crippen molar-refractivity contribution in [2.45, 2.75) is 39.0 Å². The number of carbonyl (C=O) groups is 1. The molecule has 1 fully saturated rings. The van der Waals surface area contributed by atoms with Gasteiger partial charge in [-0.1, -0.05) is 6.92 Å². The molecule has 0 aliphatic carbocycles. The fourth-order valence-electron chi connectivity index (χ4n) is 1.77. The van der Waals surface area contributed by atoms with Crippen molar-refractivity contribution >= 4 is 5.91 Å². The molecule has 0 aromatic heterocycles. The SMILES string of the molecule is CCCC(=O)N1CCC(C(F)F)CC1. The van der Waals surface area contributed by atoms with Gasteiger partial charge in [-0.3, -0.25) is 4.79 Å². The van der Waals surface area contributed by atoms with Crippen molar-refractivity contribution in [2.75, 3.05) is 13.1 Å². The first-order chi connectivity index (χ1) is 6.65. The number of carbonyl (C=O) groups excluding carboxylic acids is 1. The van der Waals surface area contributed by atoms with E-state index in [2.05, 4.69) is 0 Å². The minimum Gasteiger partial charge on any atom is -0.343 e. The summed E-state index contributed by atoms with van der Waals surface area (Å²) in [6.07, 6.45) is 0.0473. The topological polar surface area (TPSA) is 20.3 Å². The van der Waals surface area contributed by atoms with Gasteiger partial charge in [0.2, 0.25) is 12.3 Å². The third-order valence-corrected chi connectivity index (χ3v) is 2.71. The van der Waals surface area contributed by atoms with E-state index >= 15 is 0 Å². The molecule has 0 spiro atoms. The van der Waals surface area contributed by atoms with Gasteiger partial charge >= 0.3 is 0 Å². The Morgan fingerprint density at radius 3 is 2.43 bits per heavy atom. The number of nitrogens with zero attached hydrogens (tertiary/aromatic N) is 1. The van der Waals surface area contributed by atoms with Gasteiger partial charge in [-0.15, -0.1) is 0 Å². The van der Waals surface area contributed by atoms with Crippen LogP contribution in [0.25, 0.3) is 0 Å². The summed E-state index contributed by atoms with van der Waals surface area (Å²) >= 11 is 0. The van der Waals surface area contributed by atoms with Gasteiger partial charge in [0.1, 0.15) is 0 Å². The van der Waals surface area contributed by atoms with E-state index in [9.17, 15) is 13.6 Å². The number of piperidine rings is 1. The standard InChI is InChI=1S/C10H17F2NO/c1-2-3-9(14)13-6-4-8(5-7-13)10(11)12/h8,10H,2-7H2,1H3. The maximum absolute atomic E-state index is 12.3. The molecule has 2 nitrogen and oxygen atoms in total. The Bertz CT molecular complexity index is 189. The summed E-state index contributed by atoms with van der Waals surface area (Å²) in [5.41, 5.74) is 0. The van der Waals surface area contributed by atoms with Crippen LogP contribution in [0.4, 0.5) is 8.78 Å². The highest BCUT2D eigenvalue weighted by Gasteiger charge is 2.27. The molecular weight excluding hydrogens is 188 g/mol. The zero-order chi connectivity index (χ0) is 10.6. The highest BCUT2D eigenvalue weighted by molar-refractivity contribution is 5.76. The van der Waals surface area contributed by atoms with E-state index in [-0.39, 0.29) is 5.91 Å². The molecule has 1 saturated heterocycles. The molecule has 0 aromatic carbocycles. The molecule has 4 heteroatoms. The molecule has 1 aliphatic heterocycles. The highest BCUT2D eigenvalue weighted by Crippen LogP contribution is 2.23. The molecule has 1 heterocycles. The average molecular weight is 205 g/mol. The Morgan fingerprint density at radius 1 is 1.43 bits per heavy atom. The van der Waals surface area contributed by atoms with Gasteiger partial charge in [-0.25, -0.2) is 8.78 Å². The molecule has 1 aliphatic rings. The maximum atomic E-state index is 12.3. The first-order valence-electron chi connectivity index (χ1n) is 5.21. The summed E-state index contributed by atoms with van der Waals surface area (Å²) in [6, 6.07) is 0. The smallest absolute Gasteiger partial charge is 0.241 e. The van der Waals surface area contributed by atoms with Crippen LogP contribution in [0.1, 0.15) is 32.6 Å². The number of hydrogen-bond donors (Lipinski definition) is 0. The van der Waals surface area contributed by atoms with E-state index in [0.29, 0.717) is 32.4 Å². The van der Waals surface area contributed by atoms with Crippen molar-refractivity contribution in [1.82, 2.24) is 4.90 Å². The van der Waals surface area contributed by atoms with E-state index in [1.54, 1.807) is 4.90 Å². The summed E-state index contributed by atoms with van der Waals surface area (Å²) in [7, 11) is 0. The number of halogens is 2. The summed E-state index contributed by atoms with van der Waals surface area (Å²) < 4.78 is 24.6. The average Bonchev–Trinajstić information content (AvgIpc) is 2.18. The molecule has 0 unspecified atom stereocenters. The number of amides is 1. The molecule has 14 heavy (non-hydrogen) atoms. The van der Waals surface area contributed by atoms with Crippen LogP contribution in [-0.4, -0.2) is 30.3 Å². The van der Waals surface area contributed by atoms with Crippen LogP contribution in [-0.2, 0) is 4.79 Å². The number of alkyl halides is 2. The van der Waals surface area contributed by atoms with Crippen LogP contribution in [0, 0.1) is 5.92 Å². The predicted octanol–water partition coefficient (Wildman–Crippen LogP) is 2.29. The predicted molar refractivity (Wildman–Crippen MR) is 50.2 cm³/mol. The summed E-state index contributed by atoms with van der Waals surface area (Å²) in [6.45, 7) is 2.96. The molecule has 82 valence electrons. The molecule has 0 saturated carbocycles. The van der Waals surface area contributed by atoms with E-state index in [1.807, 2.05) is 6.92 Å². The van der Waals surface area contributed by atoms with Crippen molar-refractivity contribution in [1.29, 1.82) is 0 Å². The molecule has 0 aromatic rings. The second-order valence-corrected chi connectivity index (χ2v) is 3.80. The van der Waals surface area contributed by atoms with Crippen molar-refractivity contribution in [3.05, 3.63) is 0 Å². The van der Waals surface area contributed by atoms with Crippen LogP contribution in [0.5, 0.6) is 0 Å². The number of hydrogen-bond acceptors (Lipinski definition) is 1. The third-order valence-electron chi connectivity index (χ3n) is 2.71. The Morgan fingerprint density at radius 2 is 2.00 bits per heavy atom. The minimum atomic E-state index is -2.22. The normalized spacial score (nSPS) is 19.0. The van der Waals surface area contributed by atoms with Gasteiger partial charge in [0.05, 0.1) is 0 Å². The van der Waals surface area contributed by atoms with Gasteiger partial charge in [0, 0.05) is 25.4 Å². The zero-order valence-corrected chi connectivity index (χ0v) is 8.51. The van der Waals surface area contributed by atoms with E-state index in [4.69, 9.17) is 0 Å². The molecule has 1 rings (SSSR count). The monoisotopic (exact) mass is 205 g/mol. The highest BCUT2D eigenvalue weighted by atomic mass is 19.3. The largest absolute Gasteiger partial charge is 0.343 e. The van der Waals surface area contributed by atoms with Crippen molar-refractivity contribution < 1.29 is 13.6 Å². The fourth-order valence-corrected chi connectivity index (χ4v) is 1.77. The first kappa shape index (κ1) is 11.4. The summed E-state index contributed by atoms with van der Waals surface area (Å²) in [4.78, 5) is 13.1. The summed E-state index contributed by atoms with van der Waals surface area (Å²) in [5.74, 6) is -0.388. The van der Waals surface area contributed by atoms with E-state index < -0.39 is 12.3 Å². The second kappa shape index (κ2) is 5.27. The van der Waals surface area contributed by atoms with E-state index in [1.165, 1.54) is 0 Å². The lowest BCUT2D eigenvalue weighted by Crippen LogP contribution is -2.39. The van der Waals surface area contributed by atoms with Gasteiger partial charge < -0.3 is 4.90 Å². The zero-order valence-electron chi connectivity index (χ0n) is 8.51. The molecular formula is C10H17F2NO. The van der Waals surface area contributed by atoms with Crippen molar-refractivity contribution in [3.8, 4) is 0 Å². The van der Waals surface area contributed by atoms with E-state index in [0.717, 1.165) is 6.42 Å². The van der Waals surface area contributed by atoms with Crippen LogP contribution < -0.4 is 0 Å². The lowest BCUT2D eigenvalue weighted by atomic mass is 9.97. The minimum absolute atomic E-state index is 0.111. The van der Waals surface area contributed by atoms with Gasteiger partial charge in [0.15, 0.2) is 0 Å². The van der Waals surface area contributed by atoms with Gasteiger partial charge in [-0.2, -0.15) is 0 Å². The number of rotatable bonds is 3. The first-order valence-corrected chi connectivity index (χ1v) is 5.21. The lowest BCUT2D eigenvalue weighted by Gasteiger charge is -2.31. The van der Waals surface area contributed by atoms with Crippen LogP contribution >= 0.6 is 0 Å². The lowest BCUT2D eigenvalue weighted by molar-refractivity contribution is -0.133. The van der Waals surface area contributed by atoms with Crippen molar-refractivity contribution in [2.24, 2.45) is 5.92 Å². The Balaban J connectivity index is 2.31. The molecule has 0 atom stereocenters. The van der Waals surface area contributed by atoms with Crippen LogP contribution in [0.15, 0.2) is 0 Å². The molecule has 0 N–H and O–H groups in total. The molecule has 0 radical (unpaired) electrons. The van der Waals surface area contributed by atoms with Gasteiger partial charge in [0.25, 0.3) is 0 Å². The fraction of sp³-hybridized carbons (Fsp3) is 0.900. The van der Waals surface area contributed by atoms with Crippen LogP contribution in [0.2, 0.25) is 0 Å². The van der Waals surface area contributed by atoms with Gasteiger partial charge in [-0.05, 0) is 19.3 Å². The molecule has 0 bridgehead atoms. The Kier molecular flexibility index (Phi) is 4.29. The molecule has 1 amide bonds. The summed E-state index contributed by atoms with van der Waals surface area (Å²) in [5, 5.41) is 0. The van der Waals surface area contributed by atoms with Crippen LogP contribution in [0.3, 0.4) is 0 Å². The maximum Gasteiger partial charge on any atom is 0.241 e. The third kappa shape index (κ3) is 2.93. The number of likely N-dealkylation sites (tertiary alicyclic amines) is 1. The Hall–Kier alpha value is -0.670. The Labute approximate surface area is 83.3 Å².